The lowest BCUT2D eigenvalue weighted by Crippen LogP contribution is -2.44. The fraction of sp³-hybridized carbons (Fsp3) is 0.500. The number of carbonyl (C=O) groups is 1. The Labute approximate surface area is 166 Å². The molecule has 1 aromatic carbocycles. The number of benzene rings is 1. The molecular formula is C22H26ClNO3. The van der Waals surface area contributed by atoms with E-state index in [-0.39, 0.29) is 6.09 Å². The highest BCUT2D eigenvalue weighted by Gasteiger charge is 2.40. The first kappa shape index (κ1) is 19.8. The molecule has 3 rings (SSSR count). The van der Waals surface area contributed by atoms with Crippen LogP contribution in [0.1, 0.15) is 58.4 Å². The Balaban J connectivity index is 1.92. The van der Waals surface area contributed by atoms with E-state index in [9.17, 15) is 9.90 Å². The van der Waals surface area contributed by atoms with Crippen LogP contribution in [-0.4, -0.2) is 33.8 Å². The van der Waals surface area contributed by atoms with E-state index in [4.69, 9.17) is 16.3 Å². The molecule has 1 unspecified atom stereocenters. The lowest BCUT2D eigenvalue weighted by molar-refractivity contribution is 0.0255. The Bertz CT molecular complexity index is 828. The summed E-state index contributed by atoms with van der Waals surface area (Å²) in [4.78, 5) is 14.3. The predicted octanol–water partition coefficient (Wildman–Crippen LogP) is 4.89. The summed E-state index contributed by atoms with van der Waals surface area (Å²) in [6.07, 6.45) is 3.30. The zero-order valence-corrected chi connectivity index (χ0v) is 16.9. The molecule has 5 heteroatoms. The molecule has 4 nitrogen and oxygen atoms in total. The number of hydrogen-bond acceptors (Lipinski definition) is 3. The second-order valence-corrected chi connectivity index (χ2v) is 8.57. The Kier molecular flexibility index (Phi) is 5.55. The van der Waals surface area contributed by atoms with Gasteiger partial charge in [0.25, 0.3) is 0 Å². The average molecular weight is 388 g/mol. The Morgan fingerprint density at radius 2 is 2.07 bits per heavy atom. The molecule has 0 radical (unpaired) electrons. The maximum absolute atomic E-state index is 12.6. The van der Waals surface area contributed by atoms with E-state index in [1.807, 2.05) is 32.9 Å². The molecule has 1 aliphatic carbocycles. The summed E-state index contributed by atoms with van der Waals surface area (Å²) in [6.45, 7) is 6.19. The maximum Gasteiger partial charge on any atom is 0.414 e. The van der Waals surface area contributed by atoms with Gasteiger partial charge in [-0.3, -0.25) is 4.90 Å². The smallest absolute Gasteiger partial charge is 0.414 e. The second kappa shape index (κ2) is 7.58. The van der Waals surface area contributed by atoms with Crippen LogP contribution >= 0.6 is 11.6 Å². The average Bonchev–Trinajstić information content (AvgIpc) is 2.59. The molecule has 1 aliphatic heterocycles. The standard InChI is InChI=1S/C22H26ClNO3/c1-21(2,3)27-20(25)24-14-6-9-18-19(24)10-5-12-22(18,26)13-11-16-7-4-8-17(23)15-16/h4,7-8,15,26H,5-6,9-10,12,14H2,1-3H3. The van der Waals surface area contributed by atoms with E-state index < -0.39 is 11.2 Å². The first-order valence-electron chi connectivity index (χ1n) is 9.42. The first-order valence-corrected chi connectivity index (χ1v) is 9.80. The molecule has 0 saturated heterocycles. The van der Waals surface area contributed by atoms with Crippen LogP contribution in [0.5, 0.6) is 0 Å². The van der Waals surface area contributed by atoms with Crippen LogP contribution in [0.4, 0.5) is 4.79 Å². The van der Waals surface area contributed by atoms with Crippen molar-refractivity contribution in [3.63, 3.8) is 0 Å². The van der Waals surface area contributed by atoms with Crippen molar-refractivity contribution in [2.45, 2.75) is 64.1 Å². The van der Waals surface area contributed by atoms with E-state index in [1.165, 1.54) is 0 Å². The van der Waals surface area contributed by atoms with Crippen LogP contribution in [0, 0.1) is 11.8 Å². The highest BCUT2D eigenvalue weighted by Crippen LogP contribution is 2.40. The van der Waals surface area contributed by atoms with Crippen molar-refractivity contribution in [1.82, 2.24) is 4.90 Å². The van der Waals surface area contributed by atoms with Gasteiger partial charge in [-0.05, 0) is 76.6 Å². The van der Waals surface area contributed by atoms with Crippen LogP contribution in [0.15, 0.2) is 35.5 Å². The molecule has 1 atom stereocenters. The Hall–Kier alpha value is -1.96. The number of allylic oxidation sites excluding steroid dienone is 1. The van der Waals surface area contributed by atoms with E-state index in [1.54, 1.807) is 17.0 Å². The summed E-state index contributed by atoms with van der Waals surface area (Å²) in [5.41, 5.74) is 0.747. The first-order chi connectivity index (χ1) is 12.7. The molecule has 27 heavy (non-hydrogen) atoms. The van der Waals surface area contributed by atoms with Gasteiger partial charge in [0.1, 0.15) is 11.2 Å². The van der Waals surface area contributed by atoms with Crippen molar-refractivity contribution in [2.75, 3.05) is 6.54 Å². The molecule has 0 saturated carbocycles. The molecular weight excluding hydrogens is 362 g/mol. The third-order valence-electron chi connectivity index (χ3n) is 4.79. The largest absolute Gasteiger partial charge is 0.443 e. The zero-order valence-electron chi connectivity index (χ0n) is 16.1. The van der Waals surface area contributed by atoms with Crippen molar-refractivity contribution >= 4 is 17.7 Å². The molecule has 144 valence electrons. The van der Waals surface area contributed by atoms with Gasteiger partial charge in [-0.15, -0.1) is 0 Å². The SMILES string of the molecule is CC(C)(C)OC(=O)N1CCCC2=C1CCCC2(O)C#Cc1cccc(Cl)c1. The van der Waals surface area contributed by atoms with Gasteiger partial charge in [0.15, 0.2) is 0 Å². The summed E-state index contributed by atoms with van der Waals surface area (Å²) in [5, 5.41) is 11.9. The molecule has 2 aliphatic rings. The fourth-order valence-electron chi connectivity index (χ4n) is 3.65. The number of rotatable bonds is 0. The van der Waals surface area contributed by atoms with Crippen molar-refractivity contribution < 1.29 is 14.6 Å². The predicted molar refractivity (Wildman–Crippen MR) is 106 cm³/mol. The molecule has 0 spiro atoms. The Morgan fingerprint density at radius 1 is 1.30 bits per heavy atom. The zero-order chi connectivity index (χ0) is 19.7. The summed E-state index contributed by atoms with van der Waals surface area (Å²) in [5.74, 6) is 6.12. The van der Waals surface area contributed by atoms with Crippen molar-refractivity contribution in [2.24, 2.45) is 0 Å². The van der Waals surface area contributed by atoms with Gasteiger partial charge in [-0.2, -0.15) is 0 Å². The monoisotopic (exact) mass is 387 g/mol. The van der Waals surface area contributed by atoms with Gasteiger partial charge < -0.3 is 9.84 Å². The summed E-state index contributed by atoms with van der Waals surface area (Å²) in [6, 6.07) is 7.29. The lowest BCUT2D eigenvalue weighted by atomic mass is 9.77. The van der Waals surface area contributed by atoms with E-state index in [2.05, 4.69) is 11.8 Å². The minimum atomic E-state index is -1.21. The summed E-state index contributed by atoms with van der Waals surface area (Å²) >= 11 is 6.02. The fourth-order valence-corrected chi connectivity index (χ4v) is 3.84. The molecule has 1 N–H and O–H groups in total. The van der Waals surface area contributed by atoms with Crippen molar-refractivity contribution in [3.8, 4) is 11.8 Å². The van der Waals surface area contributed by atoms with Crippen LogP contribution in [-0.2, 0) is 4.74 Å². The normalized spacial score (nSPS) is 22.6. The highest BCUT2D eigenvalue weighted by molar-refractivity contribution is 6.30. The van der Waals surface area contributed by atoms with Crippen molar-refractivity contribution in [3.05, 3.63) is 46.1 Å². The summed E-state index contributed by atoms with van der Waals surface area (Å²) < 4.78 is 5.56. The van der Waals surface area contributed by atoms with Crippen LogP contribution < -0.4 is 0 Å². The number of aliphatic hydroxyl groups is 1. The van der Waals surface area contributed by atoms with Gasteiger partial charge in [0.05, 0.1) is 0 Å². The minimum absolute atomic E-state index is 0.346. The van der Waals surface area contributed by atoms with E-state index in [0.717, 1.165) is 42.5 Å². The number of halogens is 1. The quantitative estimate of drug-likeness (QED) is 0.644. The van der Waals surface area contributed by atoms with Crippen LogP contribution in [0.25, 0.3) is 0 Å². The van der Waals surface area contributed by atoms with Gasteiger partial charge >= 0.3 is 6.09 Å². The number of amides is 1. The molecule has 1 amide bonds. The highest BCUT2D eigenvalue weighted by atomic mass is 35.5. The van der Waals surface area contributed by atoms with E-state index in [0.29, 0.717) is 18.0 Å². The number of hydrogen-bond donors (Lipinski definition) is 1. The maximum atomic E-state index is 12.6. The molecule has 0 aromatic heterocycles. The molecule has 1 aromatic rings. The third-order valence-corrected chi connectivity index (χ3v) is 5.02. The summed E-state index contributed by atoms with van der Waals surface area (Å²) in [7, 11) is 0. The lowest BCUT2D eigenvalue weighted by Gasteiger charge is -2.41. The number of carbonyl (C=O) groups excluding carboxylic acids is 1. The van der Waals surface area contributed by atoms with Crippen LogP contribution in [0.3, 0.4) is 0 Å². The Morgan fingerprint density at radius 3 is 2.78 bits per heavy atom. The van der Waals surface area contributed by atoms with Gasteiger partial charge in [-0.1, -0.05) is 29.5 Å². The minimum Gasteiger partial charge on any atom is -0.443 e. The topological polar surface area (TPSA) is 49.8 Å². The molecule has 0 fully saturated rings. The number of nitrogens with zero attached hydrogens (tertiary/aromatic N) is 1. The molecule has 0 bridgehead atoms. The van der Waals surface area contributed by atoms with Gasteiger partial charge in [0, 0.05) is 22.8 Å². The van der Waals surface area contributed by atoms with Gasteiger partial charge in [0.2, 0.25) is 0 Å². The third kappa shape index (κ3) is 4.66. The van der Waals surface area contributed by atoms with E-state index >= 15 is 0 Å². The molecule has 1 heterocycles. The number of ether oxygens (including phenoxy) is 1. The second-order valence-electron chi connectivity index (χ2n) is 8.13. The van der Waals surface area contributed by atoms with Gasteiger partial charge in [-0.25, -0.2) is 4.79 Å². The van der Waals surface area contributed by atoms with Crippen LogP contribution in [0.2, 0.25) is 5.02 Å². The van der Waals surface area contributed by atoms with Crippen molar-refractivity contribution in [1.29, 1.82) is 0 Å².